The quantitative estimate of drug-likeness (QED) is 0.177. The lowest BCUT2D eigenvalue weighted by Crippen LogP contribution is -2.41. The van der Waals surface area contributed by atoms with E-state index in [1.807, 2.05) is 78.5 Å². The highest BCUT2D eigenvalue weighted by Crippen LogP contribution is 2.37. The van der Waals surface area contributed by atoms with Crippen LogP contribution in [0.15, 0.2) is 65.7 Å². The third-order valence-electron chi connectivity index (χ3n) is 4.31. The smallest absolute Gasteiger partial charge is 0.385 e. The highest BCUT2D eigenvalue weighted by Gasteiger charge is 2.41. The molecule has 170 valence electrons. The monoisotopic (exact) mass is 513 g/mol. The Kier molecular flexibility index (Phi) is 8.59. The fraction of sp³-hybridized carbons (Fsp3) is 0.318. The van der Waals surface area contributed by atoms with Gasteiger partial charge in [0.2, 0.25) is 3.79 Å². The molecule has 6 nitrogen and oxygen atoms in total. The van der Waals surface area contributed by atoms with Gasteiger partial charge in [0.1, 0.15) is 17.2 Å². The van der Waals surface area contributed by atoms with Crippen LogP contribution in [0.25, 0.3) is 17.1 Å². The molecule has 1 heterocycles. The molecule has 0 radical (unpaired) electrons. The van der Waals surface area contributed by atoms with Gasteiger partial charge in [0.25, 0.3) is 0 Å². The maximum atomic E-state index is 6.31. The molecular formula is C22H24Cl3N4O2S+. The molecule has 0 unspecified atom stereocenters. The molecule has 0 aliphatic rings. The summed E-state index contributed by atoms with van der Waals surface area (Å²) >= 11 is 20.3. The molecule has 3 rings (SSSR count). The van der Waals surface area contributed by atoms with Crippen LogP contribution in [0.5, 0.6) is 0 Å². The maximum absolute atomic E-state index is 6.31. The van der Waals surface area contributed by atoms with E-state index in [0.717, 1.165) is 17.1 Å². The largest absolute Gasteiger partial charge is 0.451 e. The van der Waals surface area contributed by atoms with E-state index in [-0.39, 0.29) is 6.08 Å². The van der Waals surface area contributed by atoms with Crippen LogP contribution in [0.3, 0.4) is 0 Å². The highest BCUT2D eigenvalue weighted by molar-refractivity contribution is 7.06. The summed E-state index contributed by atoms with van der Waals surface area (Å²) in [7, 11) is 1.77. The summed E-state index contributed by atoms with van der Waals surface area (Å²) in [6.07, 6.45) is -0.867. The van der Waals surface area contributed by atoms with Crippen molar-refractivity contribution in [2.75, 3.05) is 25.2 Å². The van der Waals surface area contributed by atoms with E-state index in [4.69, 9.17) is 49.3 Å². The van der Waals surface area contributed by atoms with Crippen LogP contribution in [-0.4, -0.2) is 41.3 Å². The van der Waals surface area contributed by atoms with Gasteiger partial charge in [0, 0.05) is 7.05 Å². The Morgan fingerprint density at radius 3 is 2.12 bits per heavy atom. The normalized spacial score (nSPS) is 12.2. The van der Waals surface area contributed by atoms with Gasteiger partial charge in [-0.2, -0.15) is 4.99 Å². The number of alkyl halides is 3. The van der Waals surface area contributed by atoms with Crippen molar-refractivity contribution in [1.82, 2.24) is 4.98 Å². The van der Waals surface area contributed by atoms with Crippen LogP contribution in [-0.2, 0) is 9.47 Å². The molecule has 0 spiro atoms. The van der Waals surface area contributed by atoms with E-state index >= 15 is 0 Å². The minimum atomic E-state index is -1.76. The Labute approximate surface area is 207 Å². The molecule has 0 saturated carbocycles. The van der Waals surface area contributed by atoms with E-state index in [2.05, 4.69) is 4.99 Å². The van der Waals surface area contributed by atoms with Gasteiger partial charge in [-0.15, -0.1) is 3.96 Å². The zero-order valence-corrected chi connectivity index (χ0v) is 21.0. The second-order valence-corrected chi connectivity index (χ2v) is 9.87. The van der Waals surface area contributed by atoms with Crippen LogP contribution in [0.1, 0.15) is 13.8 Å². The van der Waals surface area contributed by atoms with Crippen LogP contribution < -0.4 is 8.86 Å². The molecular weight excluding hydrogens is 491 g/mol. The molecule has 0 bridgehead atoms. The van der Waals surface area contributed by atoms with Crippen molar-refractivity contribution in [3.05, 3.63) is 60.7 Å². The van der Waals surface area contributed by atoms with Crippen molar-refractivity contribution < 1.29 is 13.4 Å². The number of hydrogen-bond acceptors (Lipinski definition) is 6. The average molecular weight is 515 g/mol. The summed E-state index contributed by atoms with van der Waals surface area (Å²) in [6, 6.07) is 19.9. The van der Waals surface area contributed by atoms with Crippen molar-refractivity contribution >= 4 is 57.6 Å². The molecule has 0 aliphatic heterocycles. The second kappa shape index (κ2) is 11.2. The van der Waals surface area contributed by atoms with Gasteiger partial charge in [-0.3, -0.25) is 0 Å². The predicted octanol–water partition coefficient (Wildman–Crippen LogP) is 5.65. The molecule has 10 heteroatoms. The third-order valence-corrected chi connectivity index (χ3v) is 6.01. The molecule has 32 heavy (non-hydrogen) atoms. The molecule has 0 saturated heterocycles. The number of hydrogen-bond donors (Lipinski definition) is 0. The number of aliphatic imine (C=N–C) groups is 1. The molecule has 1 aromatic heterocycles. The first-order valence-electron chi connectivity index (χ1n) is 10.0. The lowest BCUT2D eigenvalue weighted by Gasteiger charge is -2.27. The van der Waals surface area contributed by atoms with Gasteiger partial charge in [-0.1, -0.05) is 71.2 Å². The van der Waals surface area contributed by atoms with Gasteiger partial charge in [-0.05, 0) is 43.1 Å². The molecule has 0 aliphatic carbocycles. The number of halogens is 3. The van der Waals surface area contributed by atoms with Crippen molar-refractivity contribution in [1.29, 1.82) is 0 Å². The molecule has 3 aromatic rings. The van der Waals surface area contributed by atoms with Crippen LogP contribution in [0.4, 0.5) is 5.13 Å². The van der Waals surface area contributed by atoms with E-state index in [9.17, 15) is 0 Å². The second-order valence-electron chi connectivity index (χ2n) is 6.59. The summed E-state index contributed by atoms with van der Waals surface area (Å²) in [4.78, 5) is 11.0. The molecule has 1 atom stereocenters. The van der Waals surface area contributed by atoms with Crippen LogP contribution in [0.2, 0.25) is 0 Å². The van der Waals surface area contributed by atoms with Gasteiger partial charge in [0.05, 0.1) is 18.8 Å². The highest BCUT2D eigenvalue weighted by atomic mass is 35.6. The first-order chi connectivity index (χ1) is 15.3. The minimum Gasteiger partial charge on any atom is -0.451 e. The van der Waals surface area contributed by atoms with Gasteiger partial charge < -0.3 is 14.4 Å². The number of rotatable bonds is 7. The SMILES string of the molecule is CCOC(=N[C@@H](N(C)c1nc(-c2ccccc2)[n+](-c2ccccc2)s1)C(Cl)(Cl)Cl)OCC. The zero-order chi connectivity index (χ0) is 23.1. The van der Waals surface area contributed by atoms with Crippen molar-refractivity contribution in [2.45, 2.75) is 23.8 Å². The van der Waals surface area contributed by atoms with Gasteiger partial charge in [0.15, 0.2) is 6.17 Å². The Morgan fingerprint density at radius 1 is 1.03 bits per heavy atom. The van der Waals surface area contributed by atoms with Crippen LogP contribution >= 0.6 is 46.3 Å². The zero-order valence-electron chi connectivity index (χ0n) is 17.9. The lowest BCUT2D eigenvalue weighted by atomic mass is 10.2. The van der Waals surface area contributed by atoms with Crippen molar-refractivity contribution in [3.8, 4) is 17.1 Å². The van der Waals surface area contributed by atoms with Crippen molar-refractivity contribution in [2.24, 2.45) is 4.99 Å². The third kappa shape index (κ3) is 6.04. The molecule has 0 amide bonds. The number of nitrogens with zero attached hydrogens (tertiary/aromatic N) is 4. The first-order valence-corrected chi connectivity index (χ1v) is 11.9. The predicted molar refractivity (Wildman–Crippen MR) is 132 cm³/mol. The summed E-state index contributed by atoms with van der Waals surface area (Å²) in [5.74, 6) is 0.769. The topological polar surface area (TPSA) is 50.8 Å². The molecule has 0 fully saturated rings. The first kappa shape index (κ1) is 24.6. The Bertz CT molecular complexity index is 962. The number of aromatic nitrogens is 2. The Morgan fingerprint density at radius 2 is 1.59 bits per heavy atom. The Balaban J connectivity index is 2.08. The molecule has 0 N–H and O–H groups in total. The summed E-state index contributed by atoms with van der Waals surface area (Å²) in [5.41, 5.74) is 1.94. The summed E-state index contributed by atoms with van der Waals surface area (Å²) < 4.78 is 11.2. The van der Waals surface area contributed by atoms with E-state index in [1.165, 1.54) is 11.5 Å². The number of anilines is 1. The molecule has 2 aromatic carbocycles. The minimum absolute atomic E-state index is 0.0638. The maximum Gasteiger partial charge on any atom is 0.385 e. The van der Waals surface area contributed by atoms with E-state index < -0.39 is 9.96 Å². The summed E-state index contributed by atoms with van der Waals surface area (Å²) in [6.45, 7) is 4.41. The fourth-order valence-corrected chi connectivity index (χ4v) is 4.44. The number of para-hydroxylation sites is 1. The summed E-state index contributed by atoms with van der Waals surface area (Å²) in [5, 5.41) is 0.611. The van der Waals surface area contributed by atoms with Crippen molar-refractivity contribution in [3.63, 3.8) is 0 Å². The fourth-order valence-electron chi connectivity index (χ4n) is 2.88. The Hall–Kier alpha value is -2.06. The van der Waals surface area contributed by atoms with Gasteiger partial charge in [-0.25, -0.2) is 0 Å². The number of benzene rings is 2. The standard InChI is InChI=1S/C22H24Cl3N4O2S/c1-4-30-21(31-5-2)27-19(22(23,24)25)28(3)20-26-18(16-12-8-6-9-13-16)29(32-20)17-14-10-7-11-15-17/h6-15,19H,4-5H2,1-3H3/q+1/t19-/m0/s1. The number of ether oxygens (including phenoxy) is 2. The van der Waals surface area contributed by atoms with E-state index in [0.29, 0.717) is 18.3 Å². The van der Waals surface area contributed by atoms with Crippen LogP contribution in [0, 0.1) is 0 Å². The van der Waals surface area contributed by atoms with Gasteiger partial charge >= 0.3 is 17.0 Å². The van der Waals surface area contributed by atoms with E-state index in [1.54, 1.807) is 11.9 Å². The average Bonchev–Trinajstić information content (AvgIpc) is 3.23. The lowest BCUT2D eigenvalue weighted by molar-refractivity contribution is -0.509.